The largest absolute Gasteiger partial charge is 0.458 e. The second-order valence-electron chi connectivity index (χ2n) is 13.0. The summed E-state index contributed by atoms with van der Waals surface area (Å²) in [4.78, 5) is 55.3. The lowest BCUT2D eigenvalue weighted by Crippen LogP contribution is -2.53. The molecule has 2 aromatic carbocycles. The highest BCUT2D eigenvalue weighted by molar-refractivity contribution is 5.93. The standard InChI is InChI=1S/C34H45N3O6/c1-9-23-16-13-17-25(19-23)29(37(27-18-22(27)2)28(38)21-35-32(41)43-34(6,7)8)30(39)36-26(31(40)42-33(3,4)5)20-24-14-11-10-12-15-24/h9-17,19,22,26-27,29H,1,18,20-21H2,2-8H3,(H,35,41)(H,36,39). The van der Waals surface area contributed by atoms with E-state index >= 15 is 0 Å². The average Bonchev–Trinajstić information content (AvgIpc) is 3.63. The van der Waals surface area contributed by atoms with E-state index in [0.717, 1.165) is 11.1 Å². The van der Waals surface area contributed by atoms with Gasteiger partial charge in [-0.2, -0.15) is 0 Å². The van der Waals surface area contributed by atoms with Gasteiger partial charge in [0.2, 0.25) is 11.8 Å². The normalized spacial score (nSPS) is 17.6. The summed E-state index contributed by atoms with van der Waals surface area (Å²) in [5.74, 6) is -1.40. The summed E-state index contributed by atoms with van der Waals surface area (Å²) >= 11 is 0. The maximum atomic E-state index is 14.3. The third kappa shape index (κ3) is 10.3. The Hall–Kier alpha value is -4.14. The fourth-order valence-electron chi connectivity index (χ4n) is 4.72. The number of carbonyl (C=O) groups is 4. The molecule has 9 heteroatoms. The van der Waals surface area contributed by atoms with Crippen LogP contribution in [0.25, 0.3) is 6.08 Å². The number of benzene rings is 2. The van der Waals surface area contributed by atoms with Gasteiger partial charge in [-0.1, -0.05) is 68.1 Å². The van der Waals surface area contributed by atoms with Gasteiger partial charge in [0, 0.05) is 12.5 Å². The minimum Gasteiger partial charge on any atom is -0.458 e. The van der Waals surface area contributed by atoms with Crippen LogP contribution in [0.1, 0.15) is 77.6 Å². The average molecular weight is 592 g/mol. The molecule has 43 heavy (non-hydrogen) atoms. The SMILES string of the molecule is C=Cc1cccc(C(C(=O)NC(Cc2ccccc2)C(=O)OC(C)(C)C)N(C(=O)CNC(=O)OC(C)(C)C)C2CC2C)c1. The van der Waals surface area contributed by atoms with Gasteiger partial charge in [-0.3, -0.25) is 9.59 Å². The van der Waals surface area contributed by atoms with Crippen LogP contribution in [0.2, 0.25) is 0 Å². The molecule has 232 valence electrons. The number of ether oxygens (including phenoxy) is 2. The molecule has 0 saturated heterocycles. The molecular formula is C34H45N3O6. The number of hydrogen-bond acceptors (Lipinski definition) is 6. The quantitative estimate of drug-likeness (QED) is 0.347. The first-order valence-electron chi connectivity index (χ1n) is 14.7. The number of alkyl carbamates (subject to hydrolysis) is 1. The van der Waals surface area contributed by atoms with Crippen molar-refractivity contribution in [1.82, 2.24) is 15.5 Å². The van der Waals surface area contributed by atoms with Crippen LogP contribution in [-0.4, -0.2) is 58.6 Å². The smallest absolute Gasteiger partial charge is 0.408 e. The topological polar surface area (TPSA) is 114 Å². The summed E-state index contributed by atoms with van der Waals surface area (Å²) in [7, 11) is 0. The van der Waals surface area contributed by atoms with Crippen molar-refractivity contribution in [1.29, 1.82) is 0 Å². The second-order valence-corrected chi connectivity index (χ2v) is 13.0. The van der Waals surface area contributed by atoms with Crippen LogP contribution in [0.15, 0.2) is 61.2 Å². The molecule has 0 bridgehead atoms. The monoisotopic (exact) mass is 591 g/mol. The molecule has 1 saturated carbocycles. The zero-order valence-corrected chi connectivity index (χ0v) is 26.3. The molecular weight excluding hydrogens is 546 g/mol. The van der Waals surface area contributed by atoms with Crippen molar-refractivity contribution in [3.8, 4) is 0 Å². The van der Waals surface area contributed by atoms with Crippen LogP contribution in [0.3, 0.4) is 0 Å². The van der Waals surface area contributed by atoms with Crippen LogP contribution in [0.4, 0.5) is 4.79 Å². The Morgan fingerprint density at radius 2 is 1.60 bits per heavy atom. The first-order valence-corrected chi connectivity index (χ1v) is 14.7. The number of amides is 3. The highest BCUT2D eigenvalue weighted by Gasteiger charge is 2.47. The molecule has 1 aliphatic carbocycles. The van der Waals surface area contributed by atoms with Crippen LogP contribution < -0.4 is 10.6 Å². The van der Waals surface area contributed by atoms with E-state index < -0.39 is 47.2 Å². The third-order valence-electron chi connectivity index (χ3n) is 6.77. The predicted octanol–water partition coefficient (Wildman–Crippen LogP) is 5.20. The minimum absolute atomic E-state index is 0.148. The molecule has 0 spiro atoms. The molecule has 4 atom stereocenters. The van der Waals surface area contributed by atoms with Crippen molar-refractivity contribution in [3.05, 3.63) is 77.9 Å². The zero-order chi connectivity index (χ0) is 31.9. The van der Waals surface area contributed by atoms with Gasteiger partial charge < -0.3 is 25.0 Å². The Bertz CT molecular complexity index is 1310. The van der Waals surface area contributed by atoms with Gasteiger partial charge >= 0.3 is 12.1 Å². The second kappa shape index (κ2) is 13.9. The number of carbonyl (C=O) groups excluding carboxylic acids is 4. The molecule has 0 radical (unpaired) electrons. The molecule has 9 nitrogen and oxygen atoms in total. The highest BCUT2D eigenvalue weighted by Crippen LogP contribution is 2.40. The highest BCUT2D eigenvalue weighted by atomic mass is 16.6. The maximum Gasteiger partial charge on any atom is 0.408 e. The van der Waals surface area contributed by atoms with Crippen molar-refractivity contribution < 1.29 is 28.7 Å². The van der Waals surface area contributed by atoms with Crippen molar-refractivity contribution in [2.45, 2.75) is 90.6 Å². The first-order chi connectivity index (χ1) is 20.1. The summed E-state index contributed by atoms with van der Waals surface area (Å²) in [6, 6.07) is 14.2. The fourth-order valence-corrected chi connectivity index (χ4v) is 4.72. The van der Waals surface area contributed by atoms with E-state index in [1.54, 1.807) is 65.8 Å². The van der Waals surface area contributed by atoms with E-state index in [-0.39, 0.29) is 24.9 Å². The molecule has 2 N–H and O–H groups in total. The number of nitrogens with zero attached hydrogens (tertiary/aromatic N) is 1. The van der Waals surface area contributed by atoms with Crippen molar-refractivity contribution in [2.24, 2.45) is 5.92 Å². The fraction of sp³-hybridized carbons (Fsp3) is 0.471. The Morgan fingerprint density at radius 3 is 2.16 bits per heavy atom. The van der Waals surface area contributed by atoms with Gasteiger partial charge in [0.15, 0.2) is 0 Å². The van der Waals surface area contributed by atoms with Gasteiger partial charge in [0.05, 0.1) is 0 Å². The minimum atomic E-state index is -1.08. The van der Waals surface area contributed by atoms with Crippen LogP contribution in [0, 0.1) is 5.92 Å². The van der Waals surface area contributed by atoms with Crippen LogP contribution >= 0.6 is 0 Å². The van der Waals surface area contributed by atoms with Gasteiger partial charge in [-0.05, 0) is 76.6 Å². The van der Waals surface area contributed by atoms with Gasteiger partial charge in [-0.15, -0.1) is 0 Å². The molecule has 0 aliphatic heterocycles. The molecule has 1 fully saturated rings. The van der Waals surface area contributed by atoms with Crippen LogP contribution in [0.5, 0.6) is 0 Å². The van der Waals surface area contributed by atoms with Crippen LogP contribution in [-0.2, 0) is 30.3 Å². The van der Waals surface area contributed by atoms with Gasteiger partial charge in [-0.25, -0.2) is 9.59 Å². The zero-order valence-electron chi connectivity index (χ0n) is 26.3. The predicted molar refractivity (Wildman–Crippen MR) is 166 cm³/mol. The van der Waals surface area contributed by atoms with E-state index in [4.69, 9.17) is 9.47 Å². The first kappa shape index (κ1) is 33.4. The maximum absolute atomic E-state index is 14.3. The van der Waals surface area contributed by atoms with Gasteiger partial charge in [0.25, 0.3) is 0 Å². The van der Waals surface area contributed by atoms with E-state index in [9.17, 15) is 19.2 Å². The van der Waals surface area contributed by atoms with E-state index in [0.29, 0.717) is 12.0 Å². The lowest BCUT2D eigenvalue weighted by atomic mass is 9.99. The summed E-state index contributed by atoms with van der Waals surface area (Å²) in [6.07, 6.45) is 1.83. The lowest BCUT2D eigenvalue weighted by molar-refractivity contribution is -0.159. The Morgan fingerprint density at radius 1 is 0.977 bits per heavy atom. The van der Waals surface area contributed by atoms with Crippen molar-refractivity contribution in [3.63, 3.8) is 0 Å². The summed E-state index contributed by atoms with van der Waals surface area (Å²) in [6.45, 7) is 16.0. The van der Waals surface area contributed by atoms with E-state index in [1.807, 2.05) is 43.3 Å². The molecule has 3 rings (SSSR count). The summed E-state index contributed by atoms with van der Waals surface area (Å²) in [5.41, 5.74) is 0.663. The molecule has 2 aromatic rings. The molecule has 0 aromatic heterocycles. The van der Waals surface area contributed by atoms with Gasteiger partial charge in [0.1, 0.15) is 29.8 Å². The molecule has 4 unspecified atom stereocenters. The molecule has 0 heterocycles. The Kier molecular flexibility index (Phi) is 10.8. The molecule has 3 amide bonds. The van der Waals surface area contributed by atoms with Crippen molar-refractivity contribution >= 4 is 30.0 Å². The number of rotatable bonds is 11. The lowest BCUT2D eigenvalue weighted by Gasteiger charge is -2.33. The van der Waals surface area contributed by atoms with Crippen molar-refractivity contribution in [2.75, 3.05) is 6.54 Å². The van der Waals surface area contributed by atoms with E-state index in [1.165, 1.54) is 4.90 Å². The summed E-state index contributed by atoms with van der Waals surface area (Å²) in [5, 5.41) is 5.44. The number of hydrogen-bond donors (Lipinski definition) is 2. The Balaban J connectivity index is 1.98. The van der Waals surface area contributed by atoms with E-state index in [2.05, 4.69) is 17.2 Å². The Labute approximate surface area is 255 Å². The number of esters is 1. The third-order valence-corrected chi connectivity index (χ3v) is 6.77. The molecule has 1 aliphatic rings. The summed E-state index contributed by atoms with van der Waals surface area (Å²) < 4.78 is 11.0. The number of nitrogens with one attached hydrogen (secondary N) is 2.